The van der Waals surface area contributed by atoms with Gasteiger partial charge >= 0.3 is 0 Å². The third-order valence-corrected chi connectivity index (χ3v) is 6.14. The van der Waals surface area contributed by atoms with Crippen LogP contribution in [0.4, 0.5) is 5.69 Å². The zero-order chi connectivity index (χ0) is 23.6. The number of hydrogen-bond acceptors (Lipinski definition) is 6. The number of aryl methyl sites for hydroxylation is 1. The first-order valence-electron chi connectivity index (χ1n) is 10.4. The molecule has 33 heavy (non-hydrogen) atoms. The quantitative estimate of drug-likeness (QED) is 0.569. The molecule has 1 aliphatic rings. The van der Waals surface area contributed by atoms with Crippen molar-refractivity contribution >= 4 is 21.7 Å². The molecule has 0 aliphatic carbocycles. The predicted molar refractivity (Wildman–Crippen MR) is 127 cm³/mol. The number of rotatable bonds is 5. The summed E-state index contributed by atoms with van der Waals surface area (Å²) >= 11 is 0. The van der Waals surface area contributed by atoms with Gasteiger partial charge in [0.15, 0.2) is 5.75 Å². The van der Waals surface area contributed by atoms with Gasteiger partial charge in [0.05, 0.1) is 12.7 Å². The second-order valence-corrected chi connectivity index (χ2v) is 10.2. The molecule has 0 bridgehead atoms. The number of aromatic nitrogens is 1. The third kappa shape index (κ3) is 5.25. The van der Waals surface area contributed by atoms with E-state index in [-0.39, 0.29) is 17.4 Å². The van der Waals surface area contributed by atoms with Crippen molar-refractivity contribution in [3.05, 3.63) is 72.1 Å². The van der Waals surface area contributed by atoms with E-state index < -0.39 is 15.6 Å². The maximum atomic E-state index is 12.9. The lowest BCUT2D eigenvalue weighted by Crippen LogP contribution is -2.40. The first-order chi connectivity index (χ1) is 15.6. The molecule has 9 heteroatoms. The van der Waals surface area contributed by atoms with Gasteiger partial charge in [0, 0.05) is 11.8 Å². The van der Waals surface area contributed by atoms with Crippen LogP contribution in [0.15, 0.2) is 70.8 Å². The number of hydrogen-bond donors (Lipinski definition) is 2. The number of pyridine rings is 1. The second kappa shape index (κ2) is 8.74. The Balaban J connectivity index is 1.65. The Morgan fingerprint density at radius 2 is 1.76 bits per heavy atom. The van der Waals surface area contributed by atoms with Gasteiger partial charge in [0.25, 0.3) is 10.0 Å². The molecule has 4 rings (SSSR count). The van der Waals surface area contributed by atoms with Crippen molar-refractivity contribution in [3.8, 4) is 17.2 Å². The summed E-state index contributed by atoms with van der Waals surface area (Å²) in [5.74, 6) is 1.72. The minimum absolute atomic E-state index is 0.0909. The molecule has 0 saturated heterocycles. The highest BCUT2D eigenvalue weighted by Gasteiger charge is 2.29. The monoisotopic (exact) mass is 466 g/mol. The van der Waals surface area contributed by atoms with Crippen LogP contribution in [-0.4, -0.2) is 25.0 Å². The minimum Gasteiger partial charge on any atom is -0.486 e. The molecule has 1 aromatic heterocycles. The Hall–Kier alpha value is -3.59. The van der Waals surface area contributed by atoms with E-state index in [0.717, 1.165) is 11.1 Å². The Morgan fingerprint density at radius 1 is 1.00 bits per heavy atom. The Bertz CT molecular complexity index is 1310. The van der Waals surface area contributed by atoms with E-state index >= 15 is 0 Å². The number of aliphatic imine (C=N–C) groups is 1. The third-order valence-electron chi connectivity index (χ3n) is 4.76. The molecule has 0 saturated carbocycles. The van der Waals surface area contributed by atoms with Gasteiger partial charge in [-0.3, -0.25) is 4.98 Å². The summed E-state index contributed by atoms with van der Waals surface area (Å²) in [5.41, 5.74) is 1.64. The lowest BCUT2D eigenvalue weighted by Gasteiger charge is -2.24. The van der Waals surface area contributed by atoms with Gasteiger partial charge < -0.3 is 14.8 Å². The molecule has 0 atom stereocenters. The van der Waals surface area contributed by atoms with Gasteiger partial charge in [-0.2, -0.15) is 0 Å². The van der Waals surface area contributed by atoms with Crippen LogP contribution in [0.3, 0.4) is 0 Å². The molecular formula is C24H26N4O4S. The summed E-state index contributed by atoms with van der Waals surface area (Å²) in [6, 6.07) is 14.2. The van der Waals surface area contributed by atoms with Crippen LogP contribution >= 0.6 is 0 Å². The van der Waals surface area contributed by atoms with Gasteiger partial charge in [-0.15, -0.1) is 0 Å². The topological polar surface area (TPSA) is 102 Å². The number of ether oxygens (including phenoxy) is 2. The molecule has 2 heterocycles. The molecule has 2 N–H and O–H groups in total. The zero-order valence-electron chi connectivity index (χ0n) is 18.9. The number of sulfonamides is 1. The smallest absolute Gasteiger partial charge is 0.266 e. The fraction of sp³-hybridized carbons (Fsp3) is 0.250. The zero-order valence-corrected chi connectivity index (χ0v) is 19.7. The van der Waals surface area contributed by atoms with Crippen molar-refractivity contribution < 1.29 is 17.9 Å². The molecule has 0 spiro atoms. The van der Waals surface area contributed by atoms with E-state index in [2.05, 4.69) is 20.0 Å². The summed E-state index contributed by atoms with van der Waals surface area (Å²) in [4.78, 5) is 8.67. The normalized spacial score (nSPS) is 15.8. The van der Waals surface area contributed by atoms with Crippen molar-refractivity contribution in [2.45, 2.75) is 44.7 Å². The van der Waals surface area contributed by atoms with E-state index in [1.165, 1.54) is 6.07 Å². The first kappa shape index (κ1) is 22.6. The maximum absolute atomic E-state index is 12.9. The highest BCUT2D eigenvalue weighted by Crippen LogP contribution is 2.37. The number of fused-ring (bicyclic) bond motifs is 1. The highest BCUT2D eigenvalue weighted by atomic mass is 32.2. The summed E-state index contributed by atoms with van der Waals surface area (Å²) in [6.45, 7) is 7.95. The summed E-state index contributed by atoms with van der Waals surface area (Å²) in [7, 11) is -3.83. The van der Waals surface area contributed by atoms with Crippen LogP contribution in [0, 0.1) is 6.92 Å². The van der Waals surface area contributed by atoms with Gasteiger partial charge in [0.1, 0.15) is 27.7 Å². The molecule has 0 radical (unpaired) electrons. The molecule has 2 aromatic carbocycles. The molecule has 0 fully saturated rings. The van der Waals surface area contributed by atoms with Crippen LogP contribution in [0.2, 0.25) is 0 Å². The van der Waals surface area contributed by atoms with E-state index in [0.29, 0.717) is 22.9 Å². The average molecular weight is 467 g/mol. The van der Waals surface area contributed by atoms with Crippen LogP contribution in [0.1, 0.15) is 31.9 Å². The summed E-state index contributed by atoms with van der Waals surface area (Å²) < 4.78 is 40.3. The molecular weight excluding hydrogens is 440 g/mol. The Labute approximate surface area is 193 Å². The van der Waals surface area contributed by atoms with Crippen LogP contribution in [0.25, 0.3) is 0 Å². The highest BCUT2D eigenvalue weighted by molar-refractivity contribution is 7.90. The Morgan fingerprint density at radius 3 is 2.52 bits per heavy atom. The van der Waals surface area contributed by atoms with Crippen LogP contribution in [0.5, 0.6) is 17.2 Å². The summed E-state index contributed by atoms with van der Waals surface area (Å²) in [6.07, 6.45) is 3.27. The van der Waals surface area contributed by atoms with Crippen molar-refractivity contribution in [1.82, 2.24) is 9.71 Å². The molecule has 1 aliphatic heterocycles. The van der Waals surface area contributed by atoms with E-state index in [9.17, 15) is 8.42 Å². The van der Waals surface area contributed by atoms with Gasteiger partial charge in [-0.1, -0.05) is 24.3 Å². The van der Waals surface area contributed by atoms with Crippen LogP contribution < -0.4 is 19.5 Å². The SMILES string of the molecule is Cc1ccccc1Oc1cccc2c1NC(=NCc1ccncc1OC(C)(C)C)NS2(=O)=O. The molecule has 0 unspecified atom stereocenters. The number of para-hydroxylation sites is 2. The van der Waals surface area contributed by atoms with Crippen molar-refractivity contribution in [2.24, 2.45) is 4.99 Å². The number of nitrogens with one attached hydrogen (secondary N) is 2. The van der Waals surface area contributed by atoms with Crippen molar-refractivity contribution in [2.75, 3.05) is 5.32 Å². The van der Waals surface area contributed by atoms with E-state index in [1.807, 2.05) is 52.0 Å². The van der Waals surface area contributed by atoms with E-state index in [1.54, 1.807) is 30.6 Å². The second-order valence-electron chi connectivity index (χ2n) is 8.59. The number of nitrogens with zero attached hydrogens (tertiary/aromatic N) is 2. The minimum atomic E-state index is -3.83. The fourth-order valence-electron chi connectivity index (χ4n) is 3.26. The lowest BCUT2D eigenvalue weighted by atomic mass is 10.2. The maximum Gasteiger partial charge on any atom is 0.266 e. The molecule has 8 nitrogen and oxygen atoms in total. The van der Waals surface area contributed by atoms with Crippen LogP contribution in [-0.2, 0) is 16.6 Å². The van der Waals surface area contributed by atoms with Gasteiger partial charge in [-0.25, -0.2) is 18.1 Å². The average Bonchev–Trinajstić information content (AvgIpc) is 2.74. The largest absolute Gasteiger partial charge is 0.486 e. The molecule has 3 aromatic rings. The number of anilines is 1. The van der Waals surface area contributed by atoms with Gasteiger partial charge in [-0.05, 0) is 57.5 Å². The first-order valence-corrected chi connectivity index (χ1v) is 11.9. The van der Waals surface area contributed by atoms with E-state index in [4.69, 9.17) is 9.47 Å². The van der Waals surface area contributed by atoms with Gasteiger partial charge in [0.2, 0.25) is 5.96 Å². The van der Waals surface area contributed by atoms with Crippen molar-refractivity contribution in [1.29, 1.82) is 0 Å². The Kier molecular flexibility index (Phi) is 5.99. The fourth-order valence-corrected chi connectivity index (χ4v) is 4.41. The summed E-state index contributed by atoms with van der Waals surface area (Å²) in [5, 5.41) is 3.08. The molecule has 172 valence electrons. The standard InChI is InChI=1S/C24H26N4O4S/c1-16-8-5-6-9-18(16)31-19-10-7-11-21-22(19)27-23(28-33(21,29)30)26-14-17-12-13-25-15-20(17)32-24(2,3)4/h5-13,15H,14H2,1-4H3,(H2,26,27,28). The van der Waals surface area contributed by atoms with Crippen molar-refractivity contribution in [3.63, 3.8) is 0 Å². The number of guanidine groups is 1. The predicted octanol–water partition coefficient (Wildman–Crippen LogP) is 4.62. The lowest BCUT2D eigenvalue weighted by molar-refractivity contribution is 0.129. The molecule has 0 amide bonds. The number of benzene rings is 2.